The van der Waals surface area contributed by atoms with Crippen molar-refractivity contribution < 1.29 is 14.6 Å². The highest BCUT2D eigenvalue weighted by molar-refractivity contribution is 5.69. The maximum Gasteiger partial charge on any atom is 0.306 e. The molecule has 0 amide bonds. The summed E-state index contributed by atoms with van der Waals surface area (Å²) in [6.45, 7) is 2.22. The first kappa shape index (κ1) is 12.3. The predicted octanol–water partition coefficient (Wildman–Crippen LogP) is 2.75. The molecule has 16 heavy (non-hydrogen) atoms. The maximum atomic E-state index is 11.0. The van der Waals surface area contributed by atoms with E-state index in [2.05, 4.69) is 0 Å². The summed E-state index contributed by atoms with van der Waals surface area (Å²) >= 11 is 0. The smallest absolute Gasteiger partial charge is 0.306 e. The molecule has 1 aromatic rings. The molecule has 0 aromatic heterocycles. The Bertz CT molecular complexity index is 369. The van der Waals surface area contributed by atoms with Crippen LogP contribution in [0.5, 0.6) is 5.75 Å². The number of ether oxygens (including phenoxy) is 1. The van der Waals surface area contributed by atoms with Crippen molar-refractivity contribution in [1.29, 1.82) is 0 Å². The zero-order valence-corrected chi connectivity index (χ0v) is 9.35. The molecule has 0 aliphatic heterocycles. The molecule has 0 spiro atoms. The topological polar surface area (TPSA) is 46.5 Å². The first-order valence-corrected chi connectivity index (χ1v) is 5.33. The second-order valence-corrected chi connectivity index (χ2v) is 3.34. The van der Waals surface area contributed by atoms with Crippen LogP contribution in [-0.2, 0) is 9.53 Å². The molecule has 0 aliphatic rings. The Morgan fingerprint density at radius 3 is 3.00 bits per heavy atom. The molecule has 3 heteroatoms. The fraction of sp³-hybridized carbons (Fsp3) is 0.308. The van der Waals surface area contributed by atoms with Crippen LogP contribution >= 0.6 is 0 Å². The summed E-state index contributed by atoms with van der Waals surface area (Å²) in [4.78, 5) is 11.0. The average Bonchev–Trinajstić information content (AvgIpc) is 2.25. The Morgan fingerprint density at radius 2 is 2.31 bits per heavy atom. The highest BCUT2D eigenvalue weighted by atomic mass is 16.5. The van der Waals surface area contributed by atoms with Crippen LogP contribution in [0, 0.1) is 0 Å². The Balaban J connectivity index is 2.35. The summed E-state index contributed by atoms with van der Waals surface area (Å²) in [6.07, 6.45) is 4.81. The van der Waals surface area contributed by atoms with Gasteiger partial charge in [-0.15, -0.1) is 0 Å². The molecule has 0 saturated carbocycles. The van der Waals surface area contributed by atoms with Crippen molar-refractivity contribution in [1.82, 2.24) is 0 Å². The lowest BCUT2D eigenvalue weighted by atomic mass is 10.2. The first-order chi connectivity index (χ1) is 7.72. The third-order valence-corrected chi connectivity index (χ3v) is 2.00. The second kappa shape index (κ2) is 6.67. The number of allylic oxidation sites excluding steroid dienone is 1. The summed E-state index contributed by atoms with van der Waals surface area (Å²) in [5, 5.41) is 9.22. The number of aromatic hydroxyl groups is 1. The van der Waals surface area contributed by atoms with Gasteiger partial charge in [-0.2, -0.15) is 0 Å². The Kier molecular flexibility index (Phi) is 5.12. The minimum atomic E-state index is -0.178. The molecule has 0 atom stereocenters. The number of rotatable bonds is 5. The van der Waals surface area contributed by atoms with Gasteiger partial charge in [-0.3, -0.25) is 4.79 Å². The van der Waals surface area contributed by atoms with Gasteiger partial charge in [-0.05, 0) is 31.0 Å². The van der Waals surface area contributed by atoms with Crippen molar-refractivity contribution in [2.75, 3.05) is 6.61 Å². The van der Waals surface area contributed by atoms with Crippen LogP contribution in [0.25, 0.3) is 6.08 Å². The van der Waals surface area contributed by atoms with Gasteiger partial charge in [0.1, 0.15) is 5.75 Å². The molecule has 1 rings (SSSR count). The van der Waals surface area contributed by atoms with E-state index in [4.69, 9.17) is 4.74 Å². The van der Waals surface area contributed by atoms with Gasteiger partial charge in [0.25, 0.3) is 0 Å². The molecule has 86 valence electrons. The van der Waals surface area contributed by atoms with Gasteiger partial charge in [0, 0.05) is 6.42 Å². The SMILES string of the molecule is CCOC(=O)CCC=Cc1cccc(O)c1. The van der Waals surface area contributed by atoms with Crippen LogP contribution in [0.15, 0.2) is 30.3 Å². The highest BCUT2D eigenvalue weighted by Crippen LogP contribution is 2.12. The summed E-state index contributed by atoms with van der Waals surface area (Å²) < 4.78 is 4.80. The van der Waals surface area contributed by atoms with Crippen molar-refractivity contribution in [3.05, 3.63) is 35.9 Å². The minimum absolute atomic E-state index is 0.178. The van der Waals surface area contributed by atoms with E-state index in [0.717, 1.165) is 5.56 Å². The van der Waals surface area contributed by atoms with E-state index in [9.17, 15) is 9.90 Å². The van der Waals surface area contributed by atoms with Crippen molar-refractivity contribution >= 4 is 12.0 Å². The van der Waals surface area contributed by atoms with E-state index >= 15 is 0 Å². The van der Waals surface area contributed by atoms with Gasteiger partial charge in [0.15, 0.2) is 0 Å². The lowest BCUT2D eigenvalue weighted by Gasteiger charge is -1.98. The third-order valence-electron chi connectivity index (χ3n) is 2.00. The van der Waals surface area contributed by atoms with Gasteiger partial charge in [-0.25, -0.2) is 0 Å². The molecular formula is C13H16O3. The van der Waals surface area contributed by atoms with Crippen LogP contribution in [0.2, 0.25) is 0 Å². The number of benzene rings is 1. The number of hydrogen-bond acceptors (Lipinski definition) is 3. The largest absolute Gasteiger partial charge is 0.508 e. The molecule has 0 unspecified atom stereocenters. The van der Waals surface area contributed by atoms with Crippen LogP contribution < -0.4 is 0 Å². The molecule has 3 nitrogen and oxygen atoms in total. The fourth-order valence-electron chi connectivity index (χ4n) is 1.28. The quantitative estimate of drug-likeness (QED) is 0.776. The molecule has 0 heterocycles. The average molecular weight is 220 g/mol. The van der Waals surface area contributed by atoms with Gasteiger partial charge >= 0.3 is 5.97 Å². The zero-order chi connectivity index (χ0) is 11.8. The van der Waals surface area contributed by atoms with Crippen LogP contribution in [-0.4, -0.2) is 17.7 Å². The molecule has 1 N–H and O–H groups in total. The molecular weight excluding hydrogens is 204 g/mol. The number of carbonyl (C=O) groups excluding carboxylic acids is 1. The van der Waals surface area contributed by atoms with Crippen molar-refractivity contribution in [2.45, 2.75) is 19.8 Å². The van der Waals surface area contributed by atoms with Gasteiger partial charge in [-0.1, -0.05) is 24.3 Å². The van der Waals surface area contributed by atoms with Crippen molar-refractivity contribution in [2.24, 2.45) is 0 Å². The Hall–Kier alpha value is -1.77. The van der Waals surface area contributed by atoms with Gasteiger partial charge in [0.05, 0.1) is 6.61 Å². The fourth-order valence-corrected chi connectivity index (χ4v) is 1.28. The lowest BCUT2D eigenvalue weighted by molar-refractivity contribution is -0.142. The number of phenols is 1. The standard InChI is InChI=1S/C13H16O3/c1-2-16-13(15)9-4-3-6-11-7-5-8-12(14)10-11/h3,5-8,10,14H,2,4,9H2,1H3. The molecule has 0 radical (unpaired) electrons. The van der Waals surface area contributed by atoms with Gasteiger partial charge < -0.3 is 9.84 Å². The maximum absolute atomic E-state index is 11.0. The Morgan fingerprint density at radius 1 is 1.50 bits per heavy atom. The number of phenolic OH excluding ortho intramolecular Hbond substituents is 1. The monoisotopic (exact) mass is 220 g/mol. The number of carbonyl (C=O) groups is 1. The summed E-state index contributed by atoms with van der Waals surface area (Å²) in [7, 11) is 0. The van der Waals surface area contributed by atoms with E-state index in [1.54, 1.807) is 25.1 Å². The van der Waals surface area contributed by atoms with E-state index in [-0.39, 0.29) is 11.7 Å². The van der Waals surface area contributed by atoms with E-state index in [1.807, 2.05) is 18.2 Å². The van der Waals surface area contributed by atoms with E-state index < -0.39 is 0 Å². The number of esters is 1. The first-order valence-electron chi connectivity index (χ1n) is 5.33. The normalized spacial score (nSPS) is 10.6. The molecule has 0 saturated heterocycles. The third kappa shape index (κ3) is 4.64. The highest BCUT2D eigenvalue weighted by Gasteiger charge is 1.97. The van der Waals surface area contributed by atoms with E-state index in [1.165, 1.54) is 0 Å². The zero-order valence-electron chi connectivity index (χ0n) is 9.35. The molecule has 0 aliphatic carbocycles. The van der Waals surface area contributed by atoms with Gasteiger partial charge in [0.2, 0.25) is 0 Å². The molecule has 1 aromatic carbocycles. The molecule has 0 fully saturated rings. The minimum Gasteiger partial charge on any atom is -0.508 e. The molecule has 0 bridgehead atoms. The Labute approximate surface area is 95.4 Å². The summed E-state index contributed by atoms with van der Waals surface area (Å²) in [6, 6.07) is 6.96. The van der Waals surface area contributed by atoms with Crippen molar-refractivity contribution in [3.8, 4) is 5.75 Å². The van der Waals surface area contributed by atoms with E-state index in [0.29, 0.717) is 19.4 Å². The summed E-state index contributed by atoms with van der Waals surface area (Å²) in [5.41, 5.74) is 0.920. The van der Waals surface area contributed by atoms with Crippen molar-refractivity contribution in [3.63, 3.8) is 0 Å². The lowest BCUT2D eigenvalue weighted by Crippen LogP contribution is -2.02. The summed E-state index contributed by atoms with van der Waals surface area (Å²) in [5.74, 6) is 0.0654. The predicted molar refractivity (Wildman–Crippen MR) is 63.0 cm³/mol. The van der Waals surface area contributed by atoms with Crippen LogP contribution in [0.1, 0.15) is 25.3 Å². The number of hydrogen-bond donors (Lipinski definition) is 1. The second-order valence-electron chi connectivity index (χ2n) is 3.34. The van der Waals surface area contributed by atoms with Crippen LogP contribution in [0.3, 0.4) is 0 Å². The van der Waals surface area contributed by atoms with Crippen LogP contribution in [0.4, 0.5) is 0 Å².